The first-order valence-electron chi connectivity index (χ1n) is 8.72. The topological polar surface area (TPSA) is 64.2 Å². The normalized spacial score (nSPS) is 18.0. The van der Waals surface area contributed by atoms with Crippen molar-refractivity contribution in [3.63, 3.8) is 0 Å². The fourth-order valence-corrected chi connectivity index (χ4v) is 3.58. The Morgan fingerprint density at radius 1 is 1.25 bits per heavy atom. The molecule has 0 spiro atoms. The third kappa shape index (κ3) is 3.22. The summed E-state index contributed by atoms with van der Waals surface area (Å²) in [6.45, 7) is 5.39. The number of nitrogens with zero attached hydrogens (tertiary/aromatic N) is 3. The highest BCUT2D eigenvalue weighted by Gasteiger charge is 2.27. The Morgan fingerprint density at radius 3 is 2.71 bits per heavy atom. The van der Waals surface area contributed by atoms with Crippen LogP contribution in [0.1, 0.15) is 36.2 Å². The molecule has 1 aliphatic rings. The SMILES string of the molecule is Cc1nn(-c2ccccc2)c(C)c1CC(=O)N1CCCCC1CN. The number of aryl methyl sites for hydroxylation is 1. The Balaban J connectivity index is 1.83. The molecule has 5 nitrogen and oxygen atoms in total. The van der Waals surface area contributed by atoms with Gasteiger partial charge in [0, 0.05) is 30.4 Å². The molecule has 1 fully saturated rings. The molecule has 5 heteroatoms. The number of carbonyl (C=O) groups is 1. The molecule has 1 amide bonds. The number of hydrogen-bond acceptors (Lipinski definition) is 3. The fourth-order valence-electron chi connectivity index (χ4n) is 3.58. The highest BCUT2D eigenvalue weighted by molar-refractivity contribution is 5.79. The second-order valence-corrected chi connectivity index (χ2v) is 6.55. The third-order valence-corrected chi connectivity index (χ3v) is 4.99. The molecule has 2 N–H and O–H groups in total. The van der Waals surface area contributed by atoms with Gasteiger partial charge in [0.2, 0.25) is 5.91 Å². The van der Waals surface area contributed by atoms with Gasteiger partial charge in [0.15, 0.2) is 0 Å². The minimum atomic E-state index is 0.170. The van der Waals surface area contributed by atoms with Gasteiger partial charge >= 0.3 is 0 Å². The van der Waals surface area contributed by atoms with Crippen LogP contribution in [0.2, 0.25) is 0 Å². The van der Waals surface area contributed by atoms with Gasteiger partial charge in [-0.25, -0.2) is 4.68 Å². The molecule has 1 atom stereocenters. The van der Waals surface area contributed by atoms with E-state index in [1.807, 2.05) is 53.8 Å². The van der Waals surface area contributed by atoms with E-state index in [1.165, 1.54) is 0 Å². The van der Waals surface area contributed by atoms with Crippen molar-refractivity contribution in [3.05, 3.63) is 47.3 Å². The number of carbonyl (C=O) groups excluding carboxylic acids is 1. The van der Waals surface area contributed by atoms with Crippen molar-refractivity contribution in [2.24, 2.45) is 5.73 Å². The monoisotopic (exact) mass is 326 g/mol. The number of para-hydroxylation sites is 1. The summed E-state index contributed by atoms with van der Waals surface area (Å²) >= 11 is 0. The van der Waals surface area contributed by atoms with Crippen molar-refractivity contribution < 1.29 is 4.79 Å². The molecule has 0 bridgehead atoms. The van der Waals surface area contributed by atoms with Crippen LogP contribution in [0.4, 0.5) is 0 Å². The zero-order valence-electron chi connectivity index (χ0n) is 14.5. The van der Waals surface area contributed by atoms with Crippen LogP contribution in [0.5, 0.6) is 0 Å². The van der Waals surface area contributed by atoms with Crippen molar-refractivity contribution in [2.75, 3.05) is 13.1 Å². The van der Waals surface area contributed by atoms with E-state index in [2.05, 4.69) is 5.10 Å². The van der Waals surface area contributed by atoms with Gasteiger partial charge < -0.3 is 10.6 Å². The summed E-state index contributed by atoms with van der Waals surface area (Å²) in [6.07, 6.45) is 3.66. The van der Waals surface area contributed by atoms with Gasteiger partial charge in [-0.3, -0.25) is 4.79 Å². The van der Waals surface area contributed by atoms with Gasteiger partial charge in [-0.05, 0) is 45.2 Å². The van der Waals surface area contributed by atoms with Crippen LogP contribution in [0.3, 0.4) is 0 Å². The van der Waals surface area contributed by atoms with Crippen molar-refractivity contribution in [1.29, 1.82) is 0 Å². The number of rotatable bonds is 4. The molecule has 1 unspecified atom stereocenters. The summed E-state index contributed by atoms with van der Waals surface area (Å²) in [6, 6.07) is 10.2. The van der Waals surface area contributed by atoms with Gasteiger partial charge in [-0.1, -0.05) is 18.2 Å². The van der Waals surface area contributed by atoms with E-state index in [4.69, 9.17) is 5.73 Å². The predicted molar refractivity (Wildman–Crippen MR) is 95.1 cm³/mol. The molecule has 0 saturated carbocycles. The van der Waals surface area contributed by atoms with E-state index in [1.54, 1.807) is 0 Å². The summed E-state index contributed by atoms with van der Waals surface area (Å²) in [7, 11) is 0. The lowest BCUT2D eigenvalue weighted by molar-refractivity contribution is -0.133. The van der Waals surface area contributed by atoms with E-state index in [-0.39, 0.29) is 11.9 Å². The minimum absolute atomic E-state index is 0.170. The molecule has 2 aromatic rings. The third-order valence-electron chi connectivity index (χ3n) is 4.99. The molecule has 1 aromatic carbocycles. The molecule has 0 radical (unpaired) electrons. The smallest absolute Gasteiger partial charge is 0.227 e. The van der Waals surface area contributed by atoms with Gasteiger partial charge in [0.1, 0.15) is 0 Å². The number of piperidine rings is 1. The lowest BCUT2D eigenvalue weighted by Crippen LogP contribution is -2.48. The summed E-state index contributed by atoms with van der Waals surface area (Å²) in [4.78, 5) is 14.8. The van der Waals surface area contributed by atoms with Crippen LogP contribution in [-0.4, -0.2) is 39.7 Å². The molecule has 2 heterocycles. The zero-order chi connectivity index (χ0) is 17.1. The molecular formula is C19H26N4O. The molecule has 1 saturated heterocycles. The predicted octanol–water partition coefficient (Wildman–Crippen LogP) is 2.37. The molecule has 3 rings (SSSR count). The van der Waals surface area contributed by atoms with Crippen molar-refractivity contribution in [1.82, 2.24) is 14.7 Å². The molecule has 128 valence electrons. The van der Waals surface area contributed by atoms with Crippen LogP contribution in [0, 0.1) is 13.8 Å². The average Bonchev–Trinajstić information content (AvgIpc) is 2.90. The van der Waals surface area contributed by atoms with E-state index < -0.39 is 0 Å². The maximum Gasteiger partial charge on any atom is 0.227 e. The van der Waals surface area contributed by atoms with Crippen molar-refractivity contribution in [3.8, 4) is 5.69 Å². The lowest BCUT2D eigenvalue weighted by atomic mass is 10.0. The summed E-state index contributed by atoms with van der Waals surface area (Å²) in [5.74, 6) is 0.170. The van der Waals surface area contributed by atoms with E-state index in [0.717, 1.165) is 48.4 Å². The standard InChI is InChI=1S/C19H26N4O/c1-14-18(12-19(24)22-11-7-6-10-17(22)13-20)15(2)23(21-14)16-8-4-3-5-9-16/h3-5,8-9,17H,6-7,10-13,20H2,1-2H3. The maximum absolute atomic E-state index is 12.8. The number of nitrogens with two attached hydrogens (primary N) is 1. The molecule has 24 heavy (non-hydrogen) atoms. The first-order chi connectivity index (χ1) is 11.6. The number of likely N-dealkylation sites (tertiary alicyclic amines) is 1. The molecule has 1 aromatic heterocycles. The van der Waals surface area contributed by atoms with Crippen LogP contribution in [0.15, 0.2) is 30.3 Å². The molecular weight excluding hydrogens is 300 g/mol. The highest BCUT2D eigenvalue weighted by atomic mass is 16.2. The Bertz CT molecular complexity index is 708. The van der Waals surface area contributed by atoms with Crippen LogP contribution in [-0.2, 0) is 11.2 Å². The van der Waals surface area contributed by atoms with Gasteiger partial charge in [-0.2, -0.15) is 5.10 Å². The van der Waals surface area contributed by atoms with E-state index in [9.17, 15) is 4.79 Å². The van der Waals surface area contributed by atoms with Crippen LogP contribution in [0.25, 0.3) is 5.69 Å². The first kappa shape index (κ1) is 16.7. The second-order valence-electron chi connectivity index (χ2n) is 6.55. The second kappa shape index (κ2) is 7.18. The van der Waals surface area contributed by atoms with Gasteiger partial charge in [0.25, 0.3) is 0 Å². The quantitative estimate of drug-likeness (QED) is 0.938. The van der Waals surface area contributed by atoms with Gasteiger partial charge in [-0.15, -0.1) is 0 Å². The van der Waals surface area contributed by atoms with E-state index in [0.29, 0.717) is 13.0 Å². The number of benzene rings is 1. The van der Waals surface area contributed by atoms with Crippen molar-refractivity contribution >= 4 is 5.91 Å². The Labute approximate surface area is 143 Å². The summed E-state index contributed by atoms with van der Waals surface area (Å²) in [5, 5.41) is 4.64. The number of hydrogen-bond donors (Lipinski definition) is 1. The van der Waals surface area contributed by atoms with Crippen LogP contribution >= 0.6 is 0 Å². The summed E-state index contributed by atoms with van der Waals surface area (Å²) in [5.41, 5.74) is 9.87. The molecule has 1 aliphatic heterocycles. The number of amides is 1. The van der Waals surface area contributed by atoms with Crippen molar-refractivity contribution in [2.45, 2.75) is 45.6 Å². The Hall–Kier alpha value is -2.14. The van der Waals surface area contributed by atoms with Gasteiger partial charge in [0.05, 0.1) is 17.8 Å². The summed E-state index contributed by atoms with van der Waals surface area (Å²) < 4.78 is 1.93. The average molecular weight is 326 g/mol. The van der Waals surface area contributed by atoms with E-state index >= 15 is 0 Å². The number of aromatic nitrogens is 2. The fraction of sp³-hybridized carbons (Fsp3) is 0.474. The maximum atomic E-state index is 12.8. The minimum Gasteiger partial charge on any atom is -0.338 e. The highest BCUT2D eigenvalue weighted by Crippen LogP contribution is 2.22. The van der Waals surface area contributed by atoms with Crippen LogP contribution < -0.4 is 5.73 Å². The lowest BCUT2D eigenvalue weighted by Gasteiger charge is -2.35. The Kier molecular flexibility index (Phi) is 5.00. The first-order valence-corrected chi connectivity index (χ1v) is 8.72. The Morgan fingerprint density at radius 2 is 2.00 bits per heavy atom. The largest absolute Gasteiger partial charge is 0.338 e. The molecule has 0 aliphatic carbocycles. The zero-order valence-corrected chi connectivity index (χ0v) is 14.5.